The van der Waals surface area contributed by atoms with Crippen LogP contribution in [0.15, 0.2) is 4.99 Å². The molecule has 258 valence electrons. The van der Waals surface area contributed by atoms with Crippen LogP contribution in [-0.2, 0) is 0 Å². The molecule has 24 nitrogen and oxygen atoms in total. The van der Waals surface area contributed by atoms with Crippen molar-refractivity contribution in [1.82, 2.24) is 59.8 Å². The third kappa shape index (κ3) is 13.0. The number of aliphatic imine (C=N–C) groups is 1. The summed E-state index contributed by atoms with van der Waals surface area (Å²) < 4.78 is 43.5. The third-order valence-corrected chi connectivity index (χ3v) is 4.31. The standard InChI is InChI=1S/C10H12N7O4.C6H6N5O2.C6H9N3O3.2CH3/c1-18-7-12-5(13-8(16-7)19-2)11-6-14-9(20-3)17-10(15-6)21-4;1-12-5-9-4(8-3-7)10-6(11-5)13-2;1-10-4-7-5(11-2)9-6(8-4)12-3;;/h1-4H3;1-2H3;1-3H3;2*1H3/q2*-1;;2*+1. The van der Waals surface area contributed by atoms with Gasteiger partial charge in [0.2, 0.25) is 0 Å². The van der Waals surface area contributed by atoms with Crippen LogP contribution >= 0.6 is 0 Å². The van der Waals surface area contributed by atoms with E-state index in [1.54, 1.807) is 6.01 Å². The summed E-state index contributed by atoms with van der Waals surface area (Å²) in [5.41, 5.74) is 0. The van der Waals surface area contributed by atoms with Crippen LogP contribution in [0.3, 0.4) is 0 Å². The summed E-state index contributed by atoms with van der Waals surface area (Å²) in [6, 6.07) is 2.36. The molecule has 0 aliphatic heterocycles. The molecule has 0 saturated heterocycles. The maximum atomic E-state index is 8.25. The molecule has 0 aromatic carbocycles. The number of hydrogen-bond donors (Lipinski definition) is 0. The molecule has 0 radical (unpaired) electrons. The van der Waals surface area contributed by atoms with Gasteiger partial charge in [-0.15, -0.1) is 25.9 Å². The normalized spacial score (nSPS) is 9.02. The summed E-state index contributed by atoms with van der Waals surface area (Å²) in [5.74, 6) is -0.0192. The van der Waals surface area contributed by atoms with Crippen molar-refractivity contribution >= 4 is 23.9 Å². The van der Waals surface area contributed by atoms with Crippen LogP contribution in [0, 0.1) is 14.9 Å². The van der Waals surface area contributed by atoms with E-state index in [0.717, 1.165) is 0 Å². The minimum atomic E-state index is -0.0359. The monoisotopic (exact) mass is 675 g/mol. The molecule has 0 amide bonds. The molecule has 0 fully saturated rings. The molecule has 4 heterocycles. The number of methoxy groups -OCH3 is 9. The van der Waals surface area contributed by atoms with Crippen LogP contribution in [0.25, 0.3) is 10.7 Å². The second-order valence-electron chi connectivity index (χ2n) is 6.95. The minimum absolute atomic E-state index is 0. The van der Waals surface area contributed by atoms with Crippen molar-refractivity contribution in [1.29, 1.82) is 0 Å². The van der Waals surface area contributed by atoms with Crippen molar-refractivity contribution in [3.8, 4) is 54.1 Å². The second-order valence-corrected chi connectivity index (χ2v) is 6.95. The molecule has 0 atom stereocenters. The second kappa shape index (κ2) is 21.8. The highest BCUT2D eigenvalue weighted by Crippen LogP contribution is 2.27. The van der Waals surface area contributed by atoms with Crippen molar-refractivity contribution < 1.29 is 42.6 Å². The van der Waals surface area contributed by atoms with Gasteiger partial charge in [0.15, 0.2) is 5.95 Å². The Morgan fingerprint density at radius 2 is 0.604 bits per heavy atom. The minimum Gasteiger partial charge on any atom is -0.474 e. The van der Waals surface area contributed by atoms with Crippen molar-refractivity contribution in [3.63, 3.8) is 0 Å². The van der Waals surface area contributed by atoms with Crippen molar-refractivity contribution in [3.05, 3.63) is 25.6 Å². The third-order valence-electron chi connectivity index (χ3n) is 4.31. The molecule has 0 spiro atoms. The Morgan fingerprint density at radius 1 is 0.396 bits per heavy atom. The van der Waals surface area contributed by atoms with Gasteiger partial charge in [0, 0.05) is 14.9 Å². The molecular formula is C24H33N15O9. The molecular weight excluding hydrogens is 642 g/mol. The van der Waals surface area contributed by atoms with E-state index in [4.69, 9.17) is 48.0 Å². The lowest BCUT2D eigenvalue weighted by Crippen LogP contribution is -2.01. The zero-order valence-corrected chi connectivity index (χ0v) is 27.9. The van der Waals surface area contributed by atoms with Crippen LogP contribution in [0.4, 0.5) is 17.8 Å². The van der Waals surface area contributed by atoms with Gasteiger partial charge in [-0.25, -0.2) is 19.9 Å². The first-order valence-corrected chi connectivity index (χ1v) is 12.0. The molecule has 0 N–H and O–H groups in total. The van der Waals surface area contributed by atoms with Gasteiger partial charge in [-0.1, -0.05) is 0 Å². The van der Waals surface area contributed by atoms with Gasteiger partial charge in [0.1, 0.15) is 11.9 Å². The lowest BCUT2D eigenvalue weighted by Gasteiger charge is -2.13. The average Bonchev–Trinajstić information content (AvgIpc) is 3.11. The lowest BCUT2D eigenvalue weighted by atomic mass is 10.8. The van der Waals surface area contributed by atoms with Crippen LogP contribution in [0.1, 0.15) is 0 Å². The predicted octanol–water partition coefficient (Wildman–Crippen LogP) is 1.49. The van der Waals surface area contributed by atoms with Gasteiger partial charge < -0.3 is 53.0 Å². The van der Waals surface area contributed by atoms with E-state index < -0.39 is 0 Å². The molecule has 4 aromatic heterocycles. The summed E-state index contributed by atoms with van der Waals surface area (Å²) in [6.07, 6.45) is 0. The highest BCUT2D eigenvalue weighted by Gasteiger charge is 2.07. The van der Waals surface area contributed by atoms with Gasteiger partial charge in [-0.2, -0.15) is 19.9 Å². The maximum absolute atomic E-state index is 8.25. The zero-order valence-electron chi connectivity index (χ0n) is 27.9. The molecule has 24 heteroatoms. The topological polar surface area (TPSA) is 287 Å². The SMILES string of the molecule is COc1nc(N=C=[N-])nc(OC)n1.COc1nc(OC)nc(OC)n1.COc1nc([N-]c2nc(OC)nc(OC)n2)nc(OC)n1.[CH3+].[CH3+]. The predicted molar refractivity (Wildman–Crippen MR) is 164 cm³/mol. The summed E-state index contributed by atoms with van der Waals surface area (Å²) in [6.45, 7) is 0. The van der Waals surface area contributed by atoms with E-state index in [-0.39, 0.29) is 86.8 Å². The molecule has 0 aliphatic rings. The van der Waals surface area contributed by atoms with Crippen molar-refractivity contribution in [2.24, 2.45) is 4.99 Å². The van der Waals surface area contributed by atoms with Gasteiger partial charge in [0.05, 0.1) is 64.0 Å². The Kier molecular flexibility index (Phi) is 18.7. The van der Waals surface area contributed by atoms with Gasteiger partial charge in [-0.3, -0.25) is 5.32 Å². The van der Waals surface area contributed by atoms with Crippen molar-refractivity contribution in [2.45, 2.75) is 0 Å². The van der Waals surface area contributed by atoms with Gasteiger partial charge in [-0.05, 0) is 0 Å². The highest BCUT2D eigenvalue weighted by atomic mass is 16.5. The van der Waals surface area contributed by atoms with Gasteiger partial charge >= 0.3 is 30.1 Å². The number of ether oxygens (including phenoxy) is 9. The van der Waals surface area contributed by atoms with Gasteiger partial charge in [0.25, 0.3) is 24.0 Å². The van der Waals surface area contributed by atoms with E-state index in [1.165, 1.54) is 64.0 Å². The molecule has 0 bridgehead atoms. The molecule has 4 aromatic rings. The number of nitrogens with zero attached hydrogens (tertiary/aromatic N) is 15. The Balaban J connectivity index is 0.000000714. The quantitative estimate of drug-likeness (QED) is 0.152. The first-order chi connectivity index (χ1) is 22.3. The number of rotatable bonds is 12. The Bertz CT molecular complexity index is 1420. The maximum Gasteiger partial charge on any atom is 0.325 e. The van der Waals surface area contributed by atoms with E-state index in [0.29, 0.717) is 0 Å². The Labute approximate surface area is 275 Å². The molecule has 4 rings (SSSR count). The van der Waals surface area contributed by atoms with Crippen LogP contribution < -0.4 is 42.6 Å². The van der Waals surface area contributed by atoms with Crippen LogP contribution in [-0.4, -0.2) is 130 Å². The molecule has 0 saturated carbocycles. The fourth-order valence-electron chi connectivity index (χ4n) is 2.41. The fraction of sp³-hybridized carbons (Fsp3) is 0.375. The van der Waals surface area contributed by atoms with E-state index in [9.17, 15) is 0 Å². The summed E-state index contributed by atoms with van der Waals surface area (Å²) in [5, 5.41) is 12.3. The van der Waals surface area contributed by atoms with E-state index in [1.807, 2.05) is 0 Å². The first-order valence-electron chi connectivity index (χ1n) is 12.0. The molecule has 0 unspecified atom stereocenters. The average molecular weight is 676 g/mol. The van der Waals surface area contributed by atoms with Crippen LogP contribution in [0.2, 0.25) is 0 Å². The summed E-state index contributed by atoms with van der Waals surface area (Å²) in [7, 11) is 12.8. The van der Waals surface area contributed by atoms with E-state index >= 15 is 0 Å². The fourth-order valence-corrected chi connectivity index (χ4v) is 2.41. The Morgan fingerprint density at radius 3 is 0.812 bits per heavy atom. The van der Waals surface area contributed by atoms with Crippen LogP contribution in [0.5, 0.6) is 54.1 Å². The van der Waals surface area contributed by atoms with E-state index in [2.05, 4.69) is 70.1 Å². The highest BCUT2D eigenvalue weighted by molar-refractivity contribution is 5.51. The zero-order chi connectivity index (χ0) is 33.9. The van der Waals surface area contributed by atoms with Crippen molar-refractivity contribution in [2.75, 3.05) is 64.0 Å². The number of hydrogen-bond acceptors (Lipinski definition) is 22. The smallest absolute Gasteiger partial charge is 0.325 e. The number of aromatic nitrogens is 12. The lowest BCUT2D eigenvalue weighted by molar-refractivity contribution is 0.307. The summed E-state index contributed by atoms with van der Waals surface area (Å²) in [4.78, 5) is 49.1. The first kappa shape index (κ1) is 41.2. The molecule has 0 aliphatic carbocycles. The molecule has 48 heavy (non-hydrogen) atoms. The summed E-state index contributed by atoms with van der Waals surface area (Å²) >= 11 is 0. The largest absolute Gasteiger partial charge is 0.474 e. The Hall–Kier alpha value is -6.84.